The molecule has 3 rings (SSSR count). The molecule has 1 aromatic heterocycles. The predicted molar refractivity (Wildman–Crippen MR) is 63.3 cm³/mol. The Labute approximate surface area is 98.2 Å². The van der Waals surface area contributed by atoms with Crippen LogP contribution in [0.2, 0.25) is 5.02 Å². The quantitative estimate of drug-likeness (QED) is 0.866. The molecule has 1 heterocycles. The number of aromatic nitrogens is 1. The van der Waals surface area contributed by atoms with Crippen LogP contribution in [0.3, 0.4) is 0 Å². The van der Waals surface area contributed by atoms with E-state index in [0.29, 0.717) is 16.8 Å². The molecule has 82 valence electrons. The Kier molecular flexibility index (Phi) is 2.14. The zero-order valence-corrected chi connectivity index (χ0v) is 9.37. The third kappa shape index (κ3) is 1.57. The third-order valence-electron chi connectivity index (χ3n) is 2.84. The van der Waals surface area contributed by atoms with Gasteiger partial charge in [-0.2, -0.15) is 0 Å². The summed E-state index contributed by atoms with van der Waals surface area (Å²) >= 11 is 5.86. The molecule has 3 nitrogen and oxygen atoms in total. The minimum Gasteiger partial charge on any atom is -0.367 e. The van der Waals surface area contributed by atoms with Crippen LogP contribution in [0.1, 0.15) is 24.5 Å². The number of hydrogen-bond acceptors (Lipinski definition) is 3. The maximum atomic E-state index is 5.86. The molecule has 0 spiro atoms. The molecule has 2 aromatic rings. The van der Waals surface area contributed by atoms with E-state index in [1.807, 2.05) is 24.3 Å². The highest BCUT2D eigenvalue weighted by Crippen LogP contribution is 2.45. The Hall–Kier alpha value is -1.48. The van der Waals surface area contributed by atoms with Gasteiger partial charge in [0.2, 0.25) is 5.88 Å². The molecular weight excluding hydrogens is 224 g/mol. The van der Waals surface area contributed by atoms with Crippen LogP contribution >= 0.6 is 11.6 Å². The minimum absolute atomic E-state index is 0.393. The van der Waals surface area contributed by atoms with E-state index in [1.165, 1.54) is 12.8 Å². The normalized spacial score (nSPS) is 15.3. The van der Waals surface area contributed by atoms with Crippen molar-refractivity contribution < 1.29 is 4.52 Å². The molecule has 1 fully saturated rings. The summed E-state index contributed by atoms with van der Waals surface area (Å²) in [5, 5.41) is 4.76. The monoisotopic (exact) mass is 234 g/mol. The fraction of sp³-hybridized carbons (Fsp3) is 0.250. The zero-order chi connectivity index (χ0) is 11.1. The molecule has 1 aromatic carbocycles. The summed E-state index contributed by atoms with van der Waals surface area (Å²) in [4.78, 5) is 0. The number of benzene rings is 1. The van der Waals surface area contributed by atoms with Gasteiger partial charge >= 0.3 is 0 Å². The number of nitrogens with zero attached hydrogens (tertiary/aromatic N) is 1. The topological polar surface area (TPSA) is 52.0 Å². The maximum Gasteiger partial charge on any atom is 0.230 e. The van der Waals surface area contributed by atoms with E-state index >= 15 is 0 Å². The van der Waals surface area contributed by atoms with Crippen LogP contribution in [-0.4, -0.2) is 5.16 Å². The van der Waals surface area contributed by atoms with Gasteiger partial charge in [-0.3, -0.25) is 0 Å². The van der Waals surface area contributed by atoms with Crippen molar-refractivity contribution in [2.24, 2.45) is 0 Å². The first-order valence-corrected chi connectivity index (χ1v) is 5.64. The molecular formula is C12H11ClN2O. The lowest BCUT2D eigenvalue weighted by Gasteiger charge is -2.01. The average Bonchev–Trinajstić information content (AvgIpc) is 3.05. The van der Waals surface area contributed by atoms with Gasteiger partial charge in [-0.05, 0) is 30.5 Å². The Morgan fingerprint density at radius 3 is 2.56 bits per heavy atom. The lowest BCUT2D eigenvalue weighted by molar-refractivity contribution is 0.428. The molecule has 1 saturated carbocycles. The number of halogens is 1. The summed E-state index contributed by atoms with van der Waals surface area (Å²) in [6.45, 7) is 0. The number of nitrogen functional groups attached to an aromatic ring is 1. The van der Waals surface area contributed by atoms with E-state index < -0.39 is 0 Å². The van der Waals surface area contributed by atoms with Gasteiger partial charge in [0.1, 0.15) is 0 Å². The first-order chi connectivity index (χ1) is 7.75. The van der Waals surface area contributed by atoms with Crippen LogP contribution in [-0.2, 0) is 0 Å². The molecule has 0 unspecified atom stereocenters. The van der Waals surface area contributed by atoms with Gasteiger partial charge in [-0.25, -0.2) is 0 Å². The van der Waals surface area contributed by atoms with E-state index in [0.717, 1.165) is 16.8 Å². The third-order valence-corrected chi connectivity index (χ3v) is 3.09. The number of hydrogen-bond donors (Lipinski definition) is 1. The number of rotatable bonds is 2. The van der Waals surface area contributed by atoms with Gasteiger partial charge in [0.05, 0.1) is 11.3 Å². The molecule has 0 saturated heterocycles. The van der Waals surface area contributed by atoms with E-state index in [9.17, 15) is 0 Å². The molecule has 0 aliphatic heterocycles. The van der Waals surface area contributed by atoms with Gasteiger partial charge in [-0.15, -0.1) is 0 Å². The van der Waals surface area contributed by atoms with Crippen LogP contribution in [0.5, 0.6) is 0 Å². The first-order valence-electron chi connectivity index (χ1n) is 5.26. The Morgan fingerprint density at radius 1 is 1.25 bits per heavy atom. The molecule has 1 aliphatic carbocycles. The average molecular weight is 235 g/mol. The van der Waals surface area contributed by atoms with Gasteiger partial charge in [0, 0.05) is 10.9 Å². The van der Waals surface area contributed by atoms with Crippen molar-refractivity contribution in [2.75, 3.05) is 5.73 Å². The minimum atomic E-state index is 0.393. The van der Waals surface area contributed by atoms with E-state index in [1.54, 1.807) is 0 Å². The van der Waals surface area contributed by atoms with Crippen LogP contribution in [0.15, 0.2) is 28.8 Å². The largest absolute Gasteiger partial charge is 0.367 e. The summed E-state index contributed by atoms with van der Waals surface area (Å²) in [6, 6.07) is 7.58. The van der Waals surface area contributed by atoms with Crippen LogP contribution in [0.4, 0.5) is 5.88 Å². The molecule has 0 bridgehead atoms. The van der Waals surface area contributed by atoms with Crippen molar-refractivity contribution in [3.63, 3.8) is 0 Å². The van der Waals surface area contributed by atoms with E-state index in [-0.39, 0.29) is 0 Å². The Balaban J connectivity index is 2.10. The van der Waals surface area contributed by atoms with Gasteiger partial charge in [0.15, 0.2) is 0 Å². The van der Waals surface area contributed by atoms with E-state index in [2.05, 4.69) is 5.16 Å². The smallest absolute Gasteiger partial charge is 0.230 e. The molecule has 16 heavy (non-hydrogen) atoms. The first kappa shape index (κ1) is 9.73. The standard InChI is InChI=1S/C12H11ClN2O/c13-9-5-3-7(4-6-9)10-11(8-1-2-8)15-16-12(10)14/h3-6,8H,1-2,14H2. The summed E-state index contributed by atoms with van der Waals surface area (Å²) in [5.41, 5.74) is 8.75. The second-order valence-corrected chi connectivity index (χ2v) is 4.52. The van der Waals surface area contributed by atoms with Gasteiger partial charge in [-0.1, -0.05) is 28.9 Å². The Morgan fingerprint density at radius 2 is 1.94 bits per heavy atom. The molecule has 0 amide bonds. The molecule has 1 aliphatic rings. The fourth-order valence-corrected chi connectivity index (χ4v) is 1.98. The van der Waals surface area contributed by atoms with Gasteiger partial charge < -0.3 is 10.3 Å². The van der Waals surface area contributed by atoms with Crippen LogP contribution < -0.4 is 5.73 Å². The van der Waals surface area contributed by atoms with E-state index in [4.69, 9.17) is 21.9 Å². The van der Waals surface area contributed by atoms with Crippen molar-refractivity contribution in [2.45, 2.75) is 18.8 Å². The number of nitrogens with two attached hydrogens (primary N) is 1. The Bertz CT molecular complexity index is 514. The SMILES string of the molecule is Nc1onc(C2CC2)c1-c1ccc(Cl)cc1. The van der Waals surface area contributed by atoms with Gasteiger partial charge in [0.25, 0.3) is 0 Å². The highest BCUT2D eigenvalue weighted by Gasteiger charge is 2.31. The van der Waals surface area contributed by atoms with Crippen molar-refractivity contribution in [3.05, 3.63) is 35.0 Å². The van der Waals surface area contributed by atoms with Crippen LogP contribution in [0.25, 0.3) is 11.1 Å². The summed E-state index contributed by atoms with van der Waals surface area (Å²) < 4.78 is 5.08. The van der Waals surface area contributed by atoms with Crippen molar-refractivity contribution in [1.82, 2.24) is 5.16 Å². The summed E-state index contributed by atoms with van der Waals surface area (Å²) in [6.07, 6.45) is 2.35. The lowest BCUT2D eigenvalue weighted by atomic mass is 10.0. The molecule has 0 atom stereocenters. The highest BCUT2D eigenvalue weighted by atomic mass is 35.5. The second-order valence-electron chi connectivity index (χ2n) is 4.09. The zero-order valence-electron chi connectivity index (χ0n) is 8.61. The van der Waals surface area contributed by atoms with Crippen LogP contribution in [0, 0.1) is 0 Å². The predicted octanol–water partition coefficient (Wildman–Crippen LogP) is 3.45. The molecule has 0 radical (unpaired) electrons. The summed E-state index contributed by atoms with van der Waals surface area (Å²) in [5.74, 6) is 0.913. The van der Waals surface area contributed by atoms with Crippen molar-refractivity contribution >= 4 is 17.5 Å². The van der Waals surface area contributed by atoms with Crippen molar-refractivity contribution in [3.8, 4) is 11.1 Å². The summed E-state index contributed by atoms with van der Waals surface area (Å²) in [7, 11) is 0. The molecule has 2 N–H and O–H groups in total. The lowest BCUT2D eigenvalue weighted by Crippen LogP contribution is -1.88. The fourth-order valence-electron chi connectivity index (χ4n) is 1.86. The van der Waals surface area contributed by atoms with Crippen molar-refractivity contribution in [1.29, 1.82) is 0 Å². The molecule has 4 heteroatoms. The second kappa shape index (κ2) is 3.52. The number of anilines is 1. The highest BCUT2D eigenvalue weighted by molar-refractivity contribution is 6.30. The maximum absolute atomic E-state index is 5.86.